The second kappa shape index (κ2) is 6.37. The van der Waals surface area contributed by atoms with Gasteiger partial charge in [-0.15, -0.1) is 0 Å². The Labute approximate surface area is 137 Å². The summed E-state index contributed by atoms with van der Waals surface area (Å²) in [4.78, 5) is 34.3. The van der Waals surface area contributed by atoms with Crippen molar-refractivity contribution in [3.05, 3.63) is 65.2 Å². The number of benzene rings is 2. The number of carboxylic acids is 1. The predicted octanol–water partition coefficient (Wildman–Crippen LogP) is 2.61. The summed E-state index contributed by atoms with van der Waals surface area (Å²) in [7, 11) is 0. The van der Waals surface area contributed by atoms with E-state index in [1.165, 1.54) is 18.2 Å². The largest absolute Gasteiger partial charge is 0.482 e. The Bertz CT molecular complexity index is 852. The number of ether oxygens (including phenoxy) is 1. The number of rotatable bonds is 4. The fraction of sp³-hybridized carbons (Fsp3) is 0.0556. The minimum Gasteiger partial charge on any atom is -0.482 e. The monoisotopic (exact) mass is 323 g/mol. The van der Waals surface area contributed by atoms with Crippen molar-refractivity contribution in [1.82, 2.24) is 0 Å². The van der Waals surface area contributed by atoms with Crippen molar-refractivity contribution in [2.45, 2.75) is 0 Å². The summed E-state index contributed by atoms with van der Waals surface area (Å²) >= 11 is 0. The van der Waals surface area contributed by atoms with Crippen LogP contribution in [0.25, 0.3) is 6.08 Å². The number of carbonyl (C=O) groups is 3. The number of carboxylic acid groups (broad SMARTS) is 1. The molecule has 120 valence electrons. The van der Waals surface area contributed by atoms with Crippen LogP contribution in [0.5, 0.6) is 5.75 Å². The smallest absolute Gasteiger partial charge is 0.335 e. The first-order valence-corrected chi connectivity index (χ1v) is 7.15. The zero-order valence-corrected chi connectivity index (χ0v) is 12.5. The SMILES string of the molecule is O=C1COc2ccc(C(=O)C=Cc3ccc(C(=O)O)cc3)cc2N1. The van der Waals surface area contributed by atoms with Crippen molar-refractivity contribution >= 4 is 29.4 Å². The maximum absolute atomic E-state index is 12.2. The predicted molar refractivity (Wildman–Crippen MR) is 87.3 cm³/mol. The standard InChI is InChI=1S/C18H13NO5/c20-15(7-3-11-1-4-12(5-2-11)18(22)23)13-6-8-16-14(9-13)19-17(21)10-24-16/h1-9H,10H2,(H,19,21)(H,22,23). The average Bonchev–Trinajstić information content (AvgIpc) is 2.59. The van der Waals surface area contributed by atoms with E-state index in [1.807, 2.05) is 0 Å². The summed E-state index contributed by atoms with van der Waals surface area (Å²) < 4.78 is 5.24. The maximum Gasteiger partial charge on any atom is 0.335 e. The van der Waals surface area contributed by atoms with Crippen LogP contribution in [0, 0.1) is 0 Å². The molecule has 6 nitrogen and oxygen atoms in total. The van der Waals surface area contributed by atoms with Crippen LogP contribution in [0.3, 0.4) is 0 Å². The van der Waals surface area contributed by atoms with E-state index >= 15 is 0 Å². The van der Waals surface area contributed by atoms with E-state index < -0.39 is 5.97 Å². The number of aromatic carboxylic acids is 1. The number of hydrogen-bond acceptors (Lipinski definition) is 4. The number of nitrogens with one attached hydrogen (secondary N) is 1. The molecule has 0 bridgehead atoms. The Balaban J connectivity index is 1.76. The van der Waals surface area contributed by atoms with Gasteiger partial charge in [-0.3, -0.25) is 9.59 Å². The van der Waals surface area contributed by atoms with Gasteiger partial charge in [0.05, 0.1) is 11.3 Å². The molecule has 1 heterocycles. The first-order chi connectivity index (χ1) is 11.5. The van der Waals surface area contributed by atoms with Crippen LogP contribution in [0.15, 0.2) is 48.5 Å². The molecule has 0 aliphatic carbocycles. The molecule has 1 amide bonds. The number of fused-ring (bicyclic) bond motifs is 1. The lowest BCUT2D eigenvalue weighted by molar-refractivity contribution is -0.118. The molecule has 0 aromatic heterocycles. The topological polar surface area (TPSA) is 92.7 Å². The summed E-state index contributed by atoms with van der Waals surface area (Å²) in [6, 6.07) is 11.0. The third-order valence-electron chi connectivity index (χ3n) is 3.48. The number of carbonyl (C=O) groups excluding carboxylic acids is 2. The van der Waals surface area contributed by atoms with Crippen LogP contribution >= 0.6 is 0 Å². The lowest BCUT2D eigenvalue weighted by Gasteiger charge is -2.17. The molecule has 3 rings (SSSR count). The lowest BCUT2D eigenvalue weighted by Crippen LogP contribution is -2.25. The zero-order valence-electron chi connectivity index (χ0n) is 12.5. The van der Waals surface area contributed by atoms with Crippen LogP contribution in [-0.4, -0.2) is 29.4 Å². The molecule has 24 heavy (non-hydrogen) atoms. The Morgan fingerprint density at radius 1 is 1.08 bits per heavy atom. The molecule has 2 N–H and O–H groups in total. The van der Waals surface area contributed by atoms with Crippen LogP contribution in [0.1, 0.15) is 26.3 Å². The Morgan fingerprint density at radius 2 is 1.79 bits per heavy atom. The van der Waals surface area contributed by atoms with Crippen molar-refractivity contribution in [1.29, 1.82) is 0 Å². The molecule has 0 saturated heterocycles. The molecule has 2 aromatic rings. The Kier molecular flexibility index (Phi) is 4.11. The Morgan fingerprint density at radius 3 is 2.50 bits per heavy atom. The highest BCUT2D eigenvalue weighted by molar-refractivity contribution is 6.08. The second-order valence-electron chi connectivity index (χ2n) is 5.17. The van der Waals surface area contributed by atoms with Gasteiger partial charge in [-0.2, -0.15) is 0 Å². The third-order valence-corrected chi connectivity index (χ3v) is 3.48. The normalized spacial score (nSPS) is 13.1. The van der Waals surface area contributed by atoms with Gasteiger partial charge in [-0.05, 0) is 42.0 Å². The fourth-order valence-corrected chi connectivity index (χ4v) is 2.24. The first kappa shape index (κ1) is 15.5. The molecule has 0 fully saturated rings. The van der Waals surface area contributed by atoms with Crippen LogP contribution < -0.4 is 10.1 Å². The number of hydrogen-bond donors (Lipinski definition) is 2. The van der Waals surface area contributed by atoms with Crippen molar-refractivity contribution in [2.75, 3.05) is 11.9 Å². The molecular formula is C18H13NO5. The lowest BCUT2D eigenvalue weighted by atomic mass is 10.1. The van der Waals surface area contributed by atoms with E-state index in [2.05, 4.69) is 5.32 Å². The van der Waals surface area contributed by atoms with Crippen molar-refractivity contribution < 1.29 is 24.2 Å². The van der Waals surface area contributed by atoms with Gasteiger partial charge in [0.15, 0.2) is 12.4 Å². The summed E-state index contributed by atoms with van der Waals surface area (Å²) in [6.45, 7) is -0.0352. The van der Waals surface area contributed by atoms with Crippen molar-refractivity contribution in [2.24, 2.45) is 0 Å². The summed E-state index contributed by atoms with van der Waals surface area (Å²) in [5.74, 6) is -0.972. The van der Waals surface area contributed by atoms with Gasteiger partial charge < -0.3 is 15.2 Å². The molecule has 0 saturated carbocycles. The molecule has 0 radical (unpaired) electrons. The van der Waals surface area contributed by atoms with Gasteiger partial charge in [0.25, 0.3) is 5.91 Å². The van der Waals surface area contributed by atoms with Crippen LogP contribution in [-0.2, 0) is 4.79 Å². The first-order valence-electron chi connectivity index (χ1n) is 7.15. The summed E-state index contributed by atoms with van der Waals surface area (Å²) in [5.41, 5.74) is 1.78. The molecule has 6 heteroatoms. The quantitative estimate of drug-likeness (QED) is 0.666. The van der Waals surface area contributed by atoms with Gasteiger partial charge >= 0.3 is 5.97 Å². The van der Waals surface area contributed by atoms with Gasteiger partial charge in [-0.25, -0.2) is 4.79 Å². The molecule has 1 aliphatic rings. The molecular weight excluding hydrogens is 310 g/mol. The minimum absolute atomic E-state index is 0.0352. The Hall–Kier alpha value is -3.41. The van der Waals surface area contributed by atoms with Gasteiger partial charge in [0, 0.05) is 5.56 Å². The van der Waals surface area contributed by atoms with E-state index in [-0.39, 0.29) is 23.9 Å². The molecule has 0 spiro atoms. The van der Waals surface area contributed by atoms with Gasteiger partial charge in [0.1, 0.15) is 5.75 Å². The van der Waals surface area contributed by atoms with E-state index in [9.17, 15) is 14.4 Å². The highest BCUT2D eigenvalue weighted by Gasteiger charge is 2.17. The fourth-order valence-electron chi connectivity index (χ4n) is 2.24. The number of amides is 1. The number of anilines is 1. The minimum atomic E-state index is -1.00. The van der Waals surface area contributed by atoms with Crippen LogP contribution in [0.2, 0.25) is 0 Å². The van der Waals surface area contributed by atoms with E-state index in [4.69, 9.17) is 9.84 Å². The maximum atomic E-state index is 12.2. The third kappa shape index (κ3) is 3.33. The molecule has 0 unspecified atom stereocenters. The highest BCUT2D eigenvalue weighted by Crippen LogP contribution is 2.28. The van der Waals surface area contributed by atoms with Crippen molar-refractivity contribution in [3.8, 4) is 5.75 Å². The summed E-state index contributed by atoms with van der Waals surface area (Å²) in [5, 5.41) is 11.5. The molecule has 1 aliphatic heterocycles. The van der Waals surface area contributed by atoms with Gasteiger partial charge in [0.2, 0.25) is 0 Å². The zero-order chi connectivity index (χ0) is 17.1. The van der Waals surface area contributed by atoms with Gasteiger partial charge in [-0.1, -0.05) is 18.2 Å². The second-order valence-corrected chi connectivity index (χ2v) is 5.17. The number of ketones is 1. The van der Waals surface area contributed by atoms with E-state index in [1.54, 1.807) is 36.4 Å². The number of allylic oxidation sites excluding steroid dienone is 1. The van der Waals surface area contributed by atoms with Crippen molar-refractivity contribution in [3.63, 3.8) is 0 Å². The summed E-state index contributed by atoms with van der Waals surface area (Å²) in [6.07, 6.45) is 2.99. The highest BCUT2D eigenvalue weighted by atomic mass is 16.5. The van der Waals surface area contributed by atoms with E-state index in [0.717, 1.165) is 0 Å². The van der Waals surface area contributed by atoms with Crippen LogP contribution in [0.4, 0.5) is 5.69 Å². The molecule has 2 aromatic carbocycles. The van der Waals surface area contributed by atoms with E-state index in [0.29, 0.717) is 22.6 Å². The molecule has 0 atom stereocenters. The average molecular weight is 323 g/mol.